The molecule has 1 aliphatic carbocycles. The van der Waals surface area contributed by atoms with E-state index in [0.29, 0.717) is 12.0 Å². The summed E-state index contributed by atoms with van der Waals surface area (Å²) in [5, 5.41) is 3.50. The van der Waals surface area contributed by atoms with Crippen molar-refractivity contribution >= 4 is 5.91 Å². The molecule has 0 aromatic heterocycles. The predicted molar refractivity (Wildman–Crippen MR) is 64.5 cm³/mol. The Bertz CT molecular complexity index is 309. The zero-order valence-corrected chi connectivity index (χ0v) is 10.6. The van der Waals surface area contributed by atoms with E-state index >= 15 is 0 Å². The van der Waals surface area contributed by atoms with Crippen molar-refractivity contribution in [3.63, 3.8) is 0 Å². The van der Waals surface area contributed by atoms with E-state index in [1.165, 1.54) is 6.42 Å². The van der Waals surface area contributed by atoms with E-state index in [1.807, 2.05) is 0 Å². The summed E-state index contributed by atoms with van der Waals surface area (Å²) in [6.07, 6.45) is 7.04. The van der Waals surface area contributed by atoms with Gasteiger partial charge in [-0.1, -0.05) is 6.92 Å². The summed E-state index contributed by atoms with van der Waals surface area (Å²) in [5.74, 6) is 0.336. The molecule has 3 rings (SSSR count). The first-order chi connectivity index (χ1) is 8.25. The Kier molecular flexibility index (Phi) is 2.87. The number of carbonyl (C=O) groups is 1. The Balaban J connectivity index is 1.58. The van der Waals surface area contributed by atoms with Crippen LogP contribution in [0.1, 0.15) is 45.4 Å². The Morgan fingerprint density at radius 1 is 1.53 bits per heavy atom. The summed E-state index contributed by atoms with van der Waals surface area (Å²) >= 11 is 0. The molecule has 4 heteroatoms. The van der Waals surface area contributed by atoms with E-state index in [4.69, 9.17) is 4.74 Å². The maximum absolute atomic E-state index is 12.3. The number of amides is 1. The quantitative estimate of drug-likeness (QED) is 0.801. The summed E-state index contributed by atoms with van der Waals surface area (Å²) in [7, 11) is 0. The van der Waals surface area contributed by atoms with Crippen LogP contribution in [-0.2, 0) is 9.53 Å². The molecule has 2 saturated heterocycles. The third kappa shape index (κ3) is 1.97. The molecule has 0 aromatic carbocycles. The van der Waals surface area contributed by atoms with Crippen LogP contribution in [0.5, 0.6) is 0 Å². The van der Waals surface area contributed by atoms with Crippen molar-refractivity contribution in [2.75, 3.05) is 13.2 Å². The molecule has 0 aromatic rings. The molecule has 3 fully saturated rings. The Labute approximate surface area is 103 Å². The van der Waals surface area contributed by atoms with E-state index in [9.17, 15) is 4.79 Å². The fraction of sp³-hybridized carbons (Fsp3) is 0.923. The lowest BCUT2D eigenvalue weighted by atomic mass is 10.1. The molecule has 3 aliphatic rings. The van der Waals surface area contributed by atoms with Gasteiger partial charge in [-0.2, -0.15) is 0 Å². The standard InChI is InChI=1S/C13H22N2O2/c1-2-11-14-13(6-7-13)12(16)15(11)8-5-10-4-3-9-17-10/h10-11,14H,2-9H2,1H3. The normalized spacial score (nSPS) is 34.9. The predicted octanol–water partition coefficient (Wildman–Crippen LogP) is 1.26. The minimum atomic E-state index is -0.156. The second kappa shape index (κ2) is 4.25. The Hall–Kier alpha value is -0.610. The molecule has 0 bridgehead atoms. The number of ether oxygens (including phenoxy) is 1. The van der Waals surface area contributed by atoms with Crippen LogP contribution in [0.15, 0.2) is 0 Å². The van der Waals surface area contributed by atoms with Gasteiger partial charge in [0.25, 0.3) is 0 Å². The van der Waals surface area contributed by atoms with E-state index in [0.717, 1.165) is 45.3 Å². The zero-order chi connectivity index (χ0) is 11.9. The number of hydrogen-bond donors (Lipinski definition) is 1. The van der Waals surface area contributed by atoms with Crippen LogP contribution >= 0.6 is 0 Å². The summed E-state index contributed by atoms with van der Waals surface area (Å²) in [4.78, 5) is 14.3. The highest BCUT2D eigenvalue weighted by atomic mass is 16.5. The highest BCUT2D eigenvalue weighted by Crippen LogP contribution is 2.42. The van der Waals surface area contributed by atoms with Gasteiger partial charge in [0.05, 0.1) is 17.8 Å². The largest absolute Gasteiger partial charge is 0.378 e. The van der Waals surface area contributed by atoms with Gasteiger partial charge in [0.1, 0.15) is 0 Å². The second-order valence-electron chi connectivity index (χ2n) is 5.57. The smallest absolute Gasteiger partial charge is 0.244 e. The van der Waals surface area contributed by atoms with E-state index in [-0.39, 0.29) is 11.7 Å². The van der Waals surface area contributed by atoms with Crippen molar-refractivity contribution in [1.29, 1.82) is 0 Å². The van der Waals surface area contributed by atoms with Gasteiger partial charge in [-0.15, -0.1) is 0 Å². The van der Waals surface area contributed by atoms with E-state index in [2.05, 4.69) is 17.1 Å². The first-order valence-corrected chi connectivity index (χ1v) is 6.95. The Morgan fingerprint density at radius 2 is 2.35 bits per heavy atom. The highest BCUT2D eigenvalue weighted by molar-refractivity contribution is 5.91. The van der Waals surface area contributed by atoms with Gasteiger partial charge in [-0.3, -0.25) is 10.1 Å². The molecular formula is C13H22N2O2. The van der Waals surface area contributed by atoms with E-state index in [1.54, 1.807) is 0 Å². The SMILES string of the molecule is CCC1NC2(CC2)C(=O)N1CCC1CCCO1. The van der Waals surface area contributed by atoms with Gasteiger partial charge in [-0.05, 0) is 38.5 Å². The molecular weight excluding hydrogens is 216 g/mol. The lowest BCUT2D eigenvalue weighted by molar-refractivity contribution is -0.131. The number of nitrogens with one attached hydrogen (secondary N) is 1. The van der Waals surface area contributed by atoms with Crippen LogP contribution in [0.2, 0.25) is 0 Å². The zero-order valence-electron chi connectivity index (χ0n) is 10.6. The summed E-state index contributed by atoms with van der Waals surface area (Å²) in [6, 6.07) is 0. The van der Waals surface area contributed by atoms with Crippen molar-refractivity contribution in [1.82, 2.24) is 10.2 Å². The van der Waals surface area contributed by atoms with Crippen LogP contribution in [0.4, 0.5) is 0 Å². The molecule has 4 nitrogen and oxygen atoms in total. The molecule has 0 radical (unpaired) electrons. The van der Waals surface area contributed by atoms with Crippen molar-refractivity contribution in [2.24, 2.45) is 0 Å². The van der Waals surface area contributed by atoms with Crippen LogP contribution < -0.4 is 5.32 Å². The highest BCUT2D eigenvalue weighted by Gasteiger charge is 2.58. The van der Waals surface area contributed by atoms with Crippen LogP contribution in [-0.4, -0.2) is 41.8 Å². The number of rotatable bonds is 4. The molecule has 1 saturated carbocycles. The summed E-state index contributed by atoms with van der Waals surface area (Å²) in [6.45, 7) is 3.90. The van der Waals surface area contributed by atoms with Gasteiger partial charge in [-0.25, -0.2) is 0 Å². The second-order valence-corrected chi connectivity index (χ2v) is 5.57. The van der Waals surface area contributed by atoms with Crippen molar-refractivity contribution in [2.45, 2.75) is 63.3 Å². The maximum atomic E-state index is 12.3. The van der Waals surface area contributed by atoms with Gasteiger partial charge in [0.2, 0.25) is 5.91 Å². The van der Waals surface area contributed by atoms with Crippen molar-refractivity contribution < 1.29 is 9.53 Å². The van der Waals surface area contributed by atoms with Crippen LogP contribution in [0, 0.1) is 0 Å². The topological polar surface area (TPSA) is 41.6 Å². The number of hydrogen-bond acceptors (Lipinski definition) is 3. The number of nitrogens with zero attached hydrogens (tertiary/aromatic N) is 1. The van der Waals surface area contributed by atoms with E-state index < -0.39 is 0 Å². The summed E-state index contributed by atoms with van der Waals surface area (Å²) < 4.78 is 5.63. The number of carbonyl (C=O) groups excluding carboxylic acids is 1. The van der Waals surface area contributed by atoms with Crippen molar-refractivity contribution in [3.8, 4) is 0 Å². The molecule has 96 valence electrons. The monoisotopic (exact) mass is 238 g/mol. The van der Waals surface area contributed by atoms with Gasteiger partial charge in [0, 0.05) is 13.2 Å². The molecule has 1 N–H and O–H groups in total. The third-order valence-electron chi connectivity index (χ3n) is 4.34. The minimum Gasteiger partial charge on any atom is -0.378 e. The van der Waals surface area contributed by atoms with Gasteiger partial charge in [0.15, 0.2) is 0 Å². The average molecular weight is 238 g/mol. The molecule has 2 heterocycles. The fourth-order valence-corrected chi connectivity index (χ4v) is 3.09. The molecule has 1 amide bonds. The molecule has 17 heavy (non-hydrogen) atoms. The molecule has 1 spiro atoms. The summed E-state index contributed by atoms with van der Waals surface area (Å²) in [5.41, 5.74) is -0.156. The lowest BCUT2D eigenvalue weighted by Crippen LogP contribution is -2.38. The maximum Gasteiger partial charge on any atom is 0.244 e. The average Bonchev–Trinajstić information content (AvgIpc) is 2.83. The molecule has 2 atom stereocenters. The van der Waals surface area contributed by atoms with Crippen LogP contribution in [0.25, 0.3) is 0 Å². The third-order valence-corrected chi connectivity index (χ3v) is 4.34. The fourth-order valence-electron chi connectivity index (χ4n) is 3.09. The van der Waals surface area contributed by atoms with Crippen LogP contribution in [0.3, 0.4) is 0 Å². The van der Waals surface area contributed by atoms with Crippen molar-refractivity contribution in [3.05, 3.63) is 0 Å². The minimum absolute atomic E-state index is 0.156. The van der Waals surface area contributed by atoms with Gasteiger partial charge < -0.3 is 9.64 Å². The first kappa shape index (κ1) is 11.5. The lowest BCUT2D eigenvalue weighted by Gasteiger charge is -2.24. The first-order valence-electron chi connectivity index (χ1n) is 6.95. The Morgan fingerprint density at radius 3 is 2.94 bits per heavy atom. The molecule has 2 unspecified atom stereocenters. The van der Waals surface area contributed by atoms with Gasteiger partial charge >= 0.3 is 0 Å². The molecule has 2 aliphatic heterocycles.